The van der Waals surface area contributed by atoms with Crippen molar-refractivity contribution in [2.75, 3.05) is 0 Å². The molecule has 0 aliphatic rings. The first-order valence-electron chi connectivity index (χ1n) is 8.54. The number of benzene rings is 2. The molecule has 0 saturated carbocycles. The van der Waals surface area contributed by atoms with Gasteiger partial charge in [0.2, 0.25) is 0 Å². The predicted molar refractivity (Wildman–Crippen MR) is 108 cm³/mol. The van der Waals surface area contributed by atoms with Crippen LogP contribution in [0.2, 0.25) is 0 Å². The number of amides is 1. The fourth-order valence-corrected chi connectivity index (χ4v) is 4.05. The molecule has 0 aliphatic heterocycles. The first-order valence-corrected chi connectivity index (χ1v) is 9.35. The maximum absolute atomic E-state index is 12.5. The van der Waals surface area contributed by atoms with Gasteiger partial charge in [0.25, 0.3) is 5.91 Å². The van der Waals surface area contributed by atoms with Crippen molar-refractivity contribution in [3.63, 3.8) is 0 Å². The summed E-state index contributed by atoms with van der Waals surface area (Å²) in [4.78, 5) is 22.7. The molecule has 0 bridgehead atoms. The van der Waals surface area contributed by atoms with Gasteiger partial charge >= 0.3 is 0 Å². The van der Waals surface area contributed by atoms with Gasteiger partial charge in [-0.2, -0.15) is 4.99 Å². The smallest absolute Gasteiger partial charge is 0.281 e. The van der Waals surface area contributed by atoms with Crippen LogP contribution in [0.4, 0.5) is 0 Å². The van der Waals surface area contributed by atoms with E-state index < -0.39 is 0 Å². The second kappa shape index (κ2) is 7.51. The van der Waals surface area contributed by atoms with E-state index in [4.69, 9.17) is 0 Å². The van der Waals surface area contributed by atoms with E-state index in [1.807, 2.05) is 48.0 Å². The van der Waals surface area contributed by atoms with Gasteiger partial charge in [-0.1, -0.05) is 72.0 Å². The van der Waals surface area contributed by atoms with Crippen molar-refractivity contribution in [3.05, 3.63) is 95.6 Å². The standard InChI is InChI=1S/C22H17N3OS/c1-25-19(16-9-4-2-5-10-16)20(17-11-6-3-7-12-17)27-22(25)24-21(26)18-13-8-14-23-15-18/h2-15H,1H3. The highest BCUT2D eigenvalue weighted by Crippen LogP contribution is 2.34. The molecule has 0 unspecified atom stereocenters. The largest absolute Gasteiger partial charge is 0.319 e. The lowest BCUT2D eigenvalue weighted by Crippen LogP contribution is -2.14. The lowest BCUT2D eigenvalue weighted by Gasteiger charge is -2.07. The van der Waals surface area contributed by atoms with Gasteiger partial charge in [-0.25, -0.2) is 0 Å². The number of thiazole rings is 1. The van der Waals surface area contributed by atoms with Crippen LogP contribution in [0.25, 0.3) is 21.7 Å². The van der Waals surface area contributed by atoms with Crippen molar-refractivity contribution in [3.8, 4) is 21.7 Å². The number of nitrogens with zero attached hydrogens (tertiary/aromatic N) is 3. The van der Waals surface area contributed by atoms with Gasteiger partial charge in [-0.15, -0.1) is 0 Å². The summed E-state index contributed by atoms with van der Waals surface area (Å²) >= 11 is 1.51. The third-order valence-corrected chi connectivity index (χ3v) is 5.40. The highest BCUT2D eigenvalue weighted by molar-refractivity contribution is 7.13. The third-order valence-electron chi connectivity index (χ3n) is 4.22. The molecule has 0 N–H and O–H groups in total. The van der Waals surface area contributed by atoms with E-state index >= 15 is 0 Å². The molecule has 0 spiro atoms. The summed E-state index contributed by atoms with van der Waals surface area (Å²) in [5.41, 5.74) is 3.72. The molecule has 0 aliphatic carbocycles. The van der Waals surface area contributed by atoms with E-state index in [2.05, 4.69) is 34.2 Å². The number of rotatable bonds is 3. The van der Waals surface area contributed by atoms with Crippen LogP contribution in [0.3, 0.4) is 0 Å². The second-order valence-corrected chi connectivity index (χ2v) is 6.99. The van der Waals surface area contributed by atoms with E-state index in [1.165, 1.54) is 17.5 Å². The average molecular weight is 371 g/mol. The molecule has 2 aromatic carbocycles. The minimum absolute atomic E-state index is 0.292. The highest BCUT2D eigenvalue weighted by Gasteiger charge is 2.15. The Morgan fingerprint density at radius 1 is 0.926 bits per heavy atom. The Hall–Kier alpha value is -3.31. The van der Waals surface area contributed by atoms with Crippen LogP contribution in [0, 0.1) is 0 Å². The number of pyridine rings is 1. The molecular weight excluding hydrogens is 354 g/mol. The van der Waals surface area contributed by atoms with E-state index in [-0.39, 0.29) is 5.91 Å². The Bertz CT molecular complexity index is 1130. The van der Waals surface area contributed by atoms with Gasteiger partial charge in [0.1, 0.15) is 0 Å². The van der Waals surface area contributed by atoms with Gasteiger partial charge < -0.3 is 4.57 Å². The van der Waals surface area contributed by atoms with E-state index in [1.54, 1.807) is 18.3 Å². The monoisotopic (exact) mass is 371 g/mol. The van der Waals surface area contributed by atoms with Crippen molar-refractivity contribution < 1.29 is 4.79 Å². The minimum Gasteiger partial charge on any atom is -0.319 e. The number of hydrogen-bond donors (Lipinski definition) is 0. The van der Waals surface area contributed by atoms with Gasteiger partial charge in [0.05, 0.1) is 16.1 Å². The molecule has 2 aromatic heterocycles. The van der Waals surface area contributed by atoms with Crippen molar-refractivity contribution in [2.45, 2.75) is 0 Å². The summed E-state index contributed by atoms with van der Waals surface area (Å²) in [5.74, 6) is -0.292. The van der Waals surface area contributed by atoms with E-state index in [0.29, 0.717) is 10.4 Å². The molecule has 132 valence electrons. The zero-order valence-electron chi connectivity index (χ0n) is 14.7. The first kappa shape index (κ1) is 17.1. The number of aromatic nitrogens is 2. The summed E-state index contributed by atoms with van der Waals surface area (Å²) in [6.07, 6.45) is 3.18. The summed E-state index contributed by atoms with van der Waals surface area (Å²) in [7, 11) is 1.95. The average Bonchev–Trinajstić information content (AvgIpc) is 3.06. The zero-order chi connectivity index (χ0) is 18.6. The van der Waals surface area contributed by atoms with Crippen LogP contribution in [-0.4, -0.2) is 15.5 Å². The summed E-state index contributed by atoms with van der Waals surface area (Å²) in [5, 5.41) is 0. The van der Waals surface area contributed by atoms with Crippen LogP contribution < -0.4 is 4.80 Å². The number of hydrogen-bond acceptors (Lipinski definition) is 3. The Balaban J connectivity index is 1.91. The number of carbonyl (C=O) groups excluding carboxylic acids is 1. The molecule has 2 heterocycles. The molecule has 4 rings (SSSR count). The van der Waals surface area contributed by atoms with Crippen molar-refractivity contribution in [2.24, 2.45) is 12.0 Å². The lowest BCUT2D eigenvalue weighted by atomic mass is 10.1. The molecule has 0 saturated heterocycles. The van der Waals surface area contributed by atoms with Crippen molar-refractivity contribution in [1.29, 1.82) is 0 Å². The SMILES string of the molecule is Cn1c(-c2ccccc2)c(-c2ccccc2)sc1=NC(=O)c1cccnc1. The van der Waals surface area contributed by atoms with Crippen LogP contribution in [0.5, 0.6) is 0 Å². The van der Waals surface area contributed by atoms with Crippen LogP contribution in [0.15, 0.2) is 90.2 Å². The van der Waals surface area contributed by atoms with Crippen molar-refractivity contribution >= 4 is 17.2 Å². The fraction of sp³-hybridized carbons (Fsp3) is 0.0455. The predicted octanol–water partition coefficient (Wildman–Crippen LogP) is 4.56. The molecule has 4 nitrogen and oxygen atoms in total. The van der Waals surface area contributed by atoms with Crippen LogP contribution in [0.1, 0.15) is 10.4 Å². The Kier molecular flexibility index (Phi) is 4.77. The normalized spacial score (nSPS) is 11.5. The van der Waals surface area contributed by atoms with Gasteiger partial charge in [0, 0.05) is 19.4 Å². The van der Waals surface area contributed by atoms with Gasteiger partial charge in [-0.05, 0) is 23.3 Å². The Morgan fingerprint density at radius 3 is 2.22 bits per heavy atom. The topological polar surface area (TPSA) is 47.2 Å². The molecule has 27 heavy (non-hydrogen) atoms. The second-order valence-electron chi connectivity index (χ2n) is 6.01. The summed E-state index contributed by atoms with van der Waals surface area (Å²) in [6.45, 7) is 0. The summed E-state index contributed by atoms with van der Waals surface area (Å²) < 4.78 is 1.98. The lowest BCUT2D eigenvalue weighted by molar-refractivity contribution is 0.0997. The van der Waals surface area contributed by atoms with Crippen molar-refractivity contribution in [1.82, 2.24) is 9.55 Å². The Labute approximate surface area is 161 Å². The van der Waals surface area contributed by atoms with Gasteiger partial charge in [0.15, 0.2) is 4.80 Å². The molecule has 5 heteroatoms. The molecule has 0 atom stereocenters. The number of carbonyl (C=O) groups is 1. The van der Waals surface area contributed by atoms with Crippen LogP contribution in [-0.2, 0) is 7.05 Å². The first-order chi connectivity index (χ1) is 13.2. The molecular formula is C22H17N3OS. The third kappa shape index (κ3) is 3.50. The molecule has 4 aromatic rings. The van der Waals surface area contributed by atoms with Gasteiger partial charge in [-0.3, -0.25) is 9.78 Å². The maximum atomic E-state index is 12.5. The maximum Gasteiger partial charge on any atom is 0.281 e. The van der Waals surface area contributed by atoms with Crippen LogP contribution >= 0.6 is 11.3 Å². The quantitative estimate of drug-likeness (QED) is 0.530. The minimum atomic E-state index is -0.292. The Morgan fingerprint density at radius 2 is 1.59 bits per heavy atom. The molecule has 0 fully saturated rings. The molecule has 1 amide bonds. The zero-order valence-corrected chi connectivity index (χ0v) is 15.6. The highest BCUT2D eigenvalue weighted by atomic mass is 32.1. The summed E-state index contributed by atoms with van der Waals surface area (Å²) in [6, 6.07) is 23.8. The fourth-order valence-electron chi connectivity index (χ4n) is 2.90. The van der Waals surface area contributed by atoms with E-state index in [0.717, 1.165) is 21.7 Å². The molecule has 0 radical (unpaired) electrons. The van der Waals surface area contributed by atoms with E-state index in [9.17, 15) is 4.79 Å².